The highest BCUT2D eigenvalue weighted by Crippen LogP contribution is 2.33. The molecule has 0 saturated heterocycles. The van der Waals surface area contributed by atoms with E-state index in [1.165, 1.54) is 25.3 Å². The second kappa shape index (κ2) is 6.71. The maximum Gasteiger partial charge on any atom is 0.141 e. The topological polar surface area (TPSA) is 20.2 Å². The van der Waals surface area contributed by atoms with Crippen molar-refractivity contribution in [1.29, 1.82) is 0 Å². The molecule has 1 saturated carbocycles. The standard InChI is InChI=1S/C16H22ClFO/c1-2-11-3-6-13(7-4-11)16(19)10-12-5-8-15(18)14(17)9-12/h5,8-9,11,13,16,19H,2-4,6-7,10H2,1H3. The molecule has 0 bridgehead atoms. The SMILES string of the molecule is CCC1CCC(C(O)Cc2ccc(F)c(Cl)c2)CC1. The van der Waals surface area contributed by atoms with Crippen molar-refractivity contribution < 1.29 is 9.50 Å². The molecule has 1 aromatic rings. The second-order valence-corrected chi connectivity index (χ2v) is 6.12. The fourth-order valence-corrected chi connectivity index (χ4v) is 3.26. The third-order valence-corrected chi connectivity index (χ3v) is 4.73. The van der Waals surface area contributed by atoms with Crippen LogP contribution in [0, 0.1) is 17.7 Å². The minimum atomic E-state index is -0.400. The summed E-state index contributed by atoms with van der Waals surface area (Å²) in [6.07, 6.45) is 6.14. The molecule has 19 heavy (non-hydrogen) atoms. The first-order valence-electron chi connectivity index (χ1n) is 7.22. The zero-order valence-corrected chi connectivity index (χ0v) is 12.2. The van der Waals surface area contributed by atoms with E-state index in [-0.39, 0.29) is 11.1 Å². The molecule has 106 valence electrons. The highest BCUT2D eigenvalue weighted by molar-refractivity contribution is 6.30. The van der Waals surface area contributed by atoms with Crippen molar-refractivity contribution in [3.8, 4) is 0 Å². The third kappa shape index (κ3) is 3.93. The van der Waals surface area contributed by atoms with Gasteiger partial charge in [0, 0.05) is 0 Å². The Kier molecular flexibility index (Phi) is 5.23. The molecule has 1 aromatic carbocycles. The summed E-state index contributed by atoms with van der Waals surface area (Å²) < 4.78 is 13.1. The molecular weight excluding hydrogens is 263 g/mol. The minimum absolute atomic E-state index is 0.138. The van der Waals surface area contributed by atoms with Crippen LogP contribution in [-0.2, 0) is 6.42 Å². The van der Waals surface area contributed by atoms with Crippen LogP contribution >= 0.6 is 11.6 Å². The Balaban J connectivity index is 1.90. The van der Waals surface area contributed by atoms with Gasteiger partial charge >= 0.3 is 0 Å². The molecule has 0 spiro atoms. The molecule has 0 aliphatic heterocycles. The fraction of sp³-hybridized carbons (Fsp3) is 0.625. The molecule has 1 nitrogen and oxygen atoms in total. The van der Waals surface area contributed by atoms with Crippen molar-refractivity contribution in [3.05, 3.63) is 34.6 Å². The summed E-state index contributed by atoms with van der Waals surface area (Å²) in [5, 5.41) is 10.4. The van der Waals surface area contributed by atoms with Gasteiger partial charge in [0.05, 0.1) is 11.1 Å². The summed E-state index contributed by atoms with van der Waals surface area (Å²) in [7, 11) is 0. The summed E-state index contributed by atoms with van der Waals surface area (Å²) >= 11 is 5.76. The second-order valence-electron chi connectivity index (χ2n) is 5.71. The van der Waals surface area contributed by atoms with E-state index in [1.54, 1.807) is 12.1 Å². The van der Waals surface area contributed by atoms with Gasteiger partial charge in [-0.25, -0.2) is 4.39 Å². The number of halogens is 2. The van der Waals surface area contributed by atoms with Crippen molar-refractivity contribution in [1.82, 2.24) is 0 Å². The van der Waals surface area contributed by atoms with Crippen LogP contribution in [-0.4, -0.2) is 11.2 Å². The Hall–Kier alpha value is -0.600. The van der Waals surface area contributed by atoms with E-state index in [2.05, 4.69) is 6.92 Å². The Labute approximate surface area is 119 Å². The van der Waals surface area contributed by atoms with E-state index >= 15 is 0 Å². The van der Waals surface area contributed by atoms with Crippen molar-refractivity contribution >= 4 is 11.6 Å². The lowest BCUT2D eigenvalue weighted by molar-refractivity contribution is 0.0735. The van der Waals surface area contributed by atoms with E-state index in [0.29, 0.717) is 12.3 Å². The normalized spacial score (nSPS) is 25.3. The molecular formula is C16H22ClFO. The number of aliphatic hydroxyl groups is 1. The Morgan fingerprint density at radius 3 is 2.58 bits per heavy atom. The molecule has 0 amide bonds. The van der Waals surface area contributed by atoms with E-state index in [9.17, 15) is 9.50 Å². The maximum absolute atomic E-state index is 13.1. The number of benzene rings is 1. The molecule has 0 aromatic heterocycles. The fourth-order valence-electron chi connectivity index (χ4n) is 3.06. The number of aliphatic hydroxyl groups excluding tert-OH is 1. The van der Waals surface area contributed by atoms with E-state index in [0.717, 1.165) is 24.3 Å². The molecule has 1 atom stereocenters. The summed E-state index contributed by atoms with van der Waals surface area (Å²) in [5.41, 5.74) is 0.913. The number of hydrogen-bond donors (Lipinski definition) is 1. The van der Waals surface area contributed by atoms with E-state index in [1.807, 2.05) is 0 Å². The molecule has 0 heterocycles. The molecule has 1 aliphatic rings. The van der Waals surface area contributed by atoms with Gasteiger partial charge in [-0.3, -0.25) is 0 Å². The van der Waals surface area contributed by atoms with Gasteiger partial charge in [0.2, 0.25) is 0 Å². The van der Waals surface area contributed by atoms with Crippen LogP contribution < -0.4 is 0 Å². The third-order valence-electron chi connectivity index (χ3n) is 4.44. The van der Waals surface area contributed by atoms with Gasteiger partial charge in [-0.2, -0.15) is 0 Å². The molecule has 3 heteroatoms. The first-order valence-corrected chi connectivity index (χ1v) is 7.60. The highest BCUT2D eigenvalue weighted by Gasteiger charge is 2.25. The Morgan fingerprint density at radius 1 is 1.32 bits per heavy atom. The van der Waals surface area contributed by atoms with Crippen molar-refractivity contribution in [3.63, 3.8) is 0 Å². The van der Waals surface area contributed by atoms with Crippen LogP contribution in [0.4, 0.5) is 4.39 Å². The largest absolute Gasteiger partial charge is 0.392 e. The number of hydrogen-bond acceptors (Lipinski definition) is 1. The van der Waals surface area contributed by atoms with Crippen LogP contribution in [0.3, 0.4) is 0 Å². The molecule has 1 N–H and O–H groups in total. The van der Waals surface area contributed by atoms with Gasteiger partial charge < -0.3 is 5.11 Å². The lowest BCUT2D eigenvalue weighted by Crippen LogP contribution is -2.27. The van der Waals surface area contributed by atoms with E-state index in [4.69, 9.17) is 11.6 Å². The summed E-state index contributed by atoms with van der Waals surface area (Å²) in [6, 6.07) is 4.71. The number of rotatable bonds is 4. The lowest BCUT2D eigenvalue weighted by atomic mass is 9.77. The zero-order chi connectivity index (χ0) is 13.8. The zero-order valence-electron chi connectivity index (χ0n) is 11.4. The van der Waals surface area contributed by atoms with Gasteiger partial charge in [-0.05, 0) is 48.8 Å². The predicted octanol–water partition coefficient (Wildman–Crippen LogP) is 4.60. The van der Waals surface area contributed by atoms with Gasteiger partial charge in [-0.1, -0.05) is 43.9 Å². The molecule has 1 aliphatic carbocycles. The summed E-state index contributed by atoms with van der Waals surface area (Å²) in [6.45, 7) is 2.24. The molecule has 2 rings (SSSR count). The average molecular weight is 285 g/mol. The monoisotopic (exact) mass is 284 g/mol. The minimum Gasteiger partial charge on any atom is -0.392 e. The smallest absolute Gasteiger partial charge is 0.141 e. The first-order chi connectivity index (χ1) is 9.10. The predicted molar refractivity (Wildman–Crippen MR) is 76.9 cm³/mol. The van der Waals surface area contributed by atoms with Gasteiger partial charge in [0.15, 0.2) is 0 Å². The van der Waals surface area contributed by atoms with Crippen LogP contribution in [0.5, 0.6) is 0 Å². The first kappa shape index (κ1) is 14.8. The maximum atomic E-state index is 13.1. The molecule has 1 unspecified atom stereocenters. The van der Waals surface area contributed by atoms with Gasteiger partial charge in [0.1, 0.15) is 5.82 Å². The van der Waals surface area contributed by atoms with E-state index < -0.39 is 5.82 Å². The van der Waals surface area contributed by atoms with Crippen molar-refractivity contribution in [2.24, 2.45) is 11.8 Å². The van der Waals surface area contributed by atoms with Gasteiger partial charge in [-0.15, -0.1) is 0 Å². The average Bonchev–Trinajstić information content (AvgIpc) is 2.43. The highest BCUT2D eigenvalue weighted by atomic mass is 35.5. The van der Waals surface area contributed by atoms with Crippen LogP contribution in [0.25, 0.3) is 0 Å². The van der Waals surface area contributed by atoms with Crippen molar-refractivity contribution in [2.45, 2.75) is 51.6 Å². The van der Waals surface area contributed by atoms with Crippen LogP contribution in [0.1, 0.15) is 44.6 Å². The quantitative estimate of drug-likeness (QED) is 0.857. The summed E-state index contributed by atoms with van der Waals surface area (Å²) in [4.78, 5) is 0. The van der Waals surface area contributed by atoms with Crippen LogP contribution in [0.2, 0.25) is 5.02 Å². The Morgan fingerprint density at radius 2 is 2.00 bits per heavy atom. The summed E-state index contributed by atoms with van der Waals surface area (Å²) in [5.74, 6) is 0.818. The van der Waals surface area contributed by atoms with Gasteiger partial charge in [0.25, 0.3) is 0 Å². The Bertz CT molecular complexity index is 413. The van der Waals surface area contributed by atoms with Crippen molar-refractivity contribution in [2.75, 3.05) is 0 Å². The lowest BCUT2D eigenvalue weighted by Gasteiger charge is -2.31. The van der Waals surface area contributed by atoms with Crippen LogP contribution in [0.15, 0.2) is 18.2 Å². The molecule has 0 radical (unpaired) electrons. The molecule has 1 fully saturated rings.